The second-order valence-corrected chi connectivity index (χ2v) is 3.25. The Balaban J connectivity index is 3.72. The van der Waals surface area contributed by atoms with Gasteiger partial charge in [0.15, 0.2) is 0 Å². The van der Waals surface area contributed by atoms with Gasteiger partial charge in [-0.05, 0) is 32.5 Å². The Kier molecular flexibility index (Phi) is 6.77. The Labute approximate surface area is 85.7 Å². The Bertz CT molecular complexity index is 206. The lowest BCUT2D eigenvalue weighted by Gasteiger charge is -2.17. The number of primary amides is 1. The summed E-state index contributed by atoms with van der Waals surface area (Å²) in [7, 11) is 0. The smallest absolute Gasteiger partial charge is 0.234 e. The Morgan fingerprint density at radius 2 is 2.07 bits per heavy atom. The van der Waals surface area contributed by atoms with Crippen molar-refractivity contribution in [3.05, 3.63) is 0 Å². The number of carbonyl (C=O) groups is 1. The lowest BCUT2D eigenvalue weighted by Crippen LogP contribution is -2.26. The maximum absolute atomic E-state index is 10.7. The van der Waals surface area contributed by atoms with E-state index in [2.05, 4.69) is 18.7 Å². The van der Waals surface area contributed by atoms with E-state index >= 15 is 0 Å². The molecular weight excluding hydrogens is 178 g/mol. The maximum Gasteiger partial charge on any atom is 0.234 e. The van der Waals surface area contributed by atoms with Gasteiger partial charge in [0.2, 0.25) is 5.91 Å². The number of nitriles is 1. The van der Waals surface area contributed by atoms with Crippen molar-refractivity contribution in [1.82, 2.24) is 4.90 Å². The molecular formula is C10H19N3O. The molecule has 0 bridgehead atoms. The Hall–Kier alpha value is -1.08. The van der Waals surface area contributed by atoms with E-state index < -0.39 is 11.8 Å². The standard InChI is InChI=1S/C10H19N3O/c1-3-13(4-2)7-5-6-9(8-11)10(12)14/h9H,3-7H2,1-2H3,(H2,12,14). The second kappa shape index (κ2) is 7.34. The summed E-state index contributed by atoms with van der Waals surface area (Å²) >= 11 is 0. The number of rotatable bonds is 7. The van der Waals surface area contributed by atoms with Crippen molar-refractivity contribution in [3.8, 4) is 6.07 Å². The fourth-order valence-corrected chi connectivity index (χ4v) is 1.33. The molecule has 0 fully saturated rings. The van der Waals surface area contributed by atoms with Crippen LogP contribution in [-0.2, 0) is 4.79 Å². The molecule has 0 saturated carbocycles. The predicted octanol–water partition coefficient (Wildman–Crippen LogP) is 0.733. The van der Waals surface area contributed by atoms with Gasteiger partial charge in [0, 0.05) is 0 Å². The van der Waals surface area contributed by atoms with Gasteiger partial charge >= 0.3 is 0 Å². The highest BCUT2D eigenvalue weighted by Crippen LogP contribution is 2.05. The summed E-state index contributed by atoms with van der Waals surface area (Å²) in [6.45, 7) is 7.13. The third kappa shape index (κ3) is 4.83. The van der Waals surface area contributed by atoms with Gasteiger partial charge in [-0.25, -0.2) is 0 Å². The first kappa shape index (κ1) is 12.9. The molecule has 0 radical (unpaired) electrons. The van der Waals surface area contributed by atoms with E-state index in [1.807, 2.05) is 6.07 Å². The van der Waals surface area contributed by atoms with Crippen LogP contribution in [0.15, 0.2) is 0 Å². The van der Waals surface area contributed by atoms with Gasteiger partial charge in [0.05, 0.1) is 6.07 Å². The zero-order valence-corrected chi connectivity index (χ0v) is 8.99. The molecule has 0 aliphatic rings. The largest absolute Gasteiger partial charge is 0.369 e. The summed E-state index contributed by atoms with van der Waals surface area (Å²) in [5.74, 6) is -1.13. The van der Waals surface area contributed by atoms with Crippen LogP contribution in [0.4, 0.5) is 0 Å². The maximum atomic E-state index is 10.7. The first-order chi connectivity index (χ1) is 6.65. The summed E-state index contributed by atoms with van der Waals surface area (Å²) in [5, 5.41) is 8.61. The molecule has 2 N–H and O–H groups in total. The van der Waals surface area contributed by atoms with Crippen LogP contribution in [0.25, 0.3) is 0 Å². The minimum absolute atomic E-state index is 0.507. The highest BCUT2D eigenvalue weighted by Gasteiger charge is 2.13. The summed E-state index contributed by atoms with van der Waals surface area (Å²) in [4.78, 5) is 13.0. The van der Waals surface area contributed by atoms with E-state index in [9.17, 15) is 4.79 Å². The Morgan fingerprint density at radius 1 is 1.50 bits per heavy atom. The molecule has 80 valence electrons. The molecule has 0 spiro atoms. The van der Waals surface area contributed by atoms with Crippen LogP contribution in [0.1, 0.15) is 26.7 Å². The van der Waals surface area contributed by atoms with Gasteiger partial charge in [-0.1, -0.05) is 13.8 Å². The van der Waals surface area contributed by atoms with E-state index in [0.717, 1.165) is 26.1 Å². The van der Waals surface area contributed by atoms with E-state index in [1.54, 1.807) is 0 Å². The summed E-state index contributed by atoms with van der Waals surface area (Å²) in [5.41, 5.74) is 5.05. The fraction of sp³-hybridized carbons (Fsp3) is 0.800. The minimum atomic E-state index is -0.620. The first-order valence-corrected chi connectivity index (χ1v) is 5.06. The average molecular weight is 197 g/mol. The number of hydrogen-bond acceptors (Lipinski definition) is 3. The van der Waals surface area contributed by atoms with Crippen LogP contribution in [0.5, 0.6) is 0 Å². The van der Waals surface area contributed by atoms with Gasteiger partial charge in [-0.3, -0.25) is 4.79 Å². The van der Waals surface area contributed by atoms with Gasteiger partial charge in [0.25, 0.3) is 0 Å². The number of nitrogens with two attached hydrogens (primary N) is 1. The third-order valence-corrected chi connectivity index (χ3v) is 2.36. The Morgan fingerprint density at radius 3 is 2.43 bits per heavy atom. The molecule has 1 atom stereocenters. The molecule has 14 heavy (non-hydrogen) atoms. The van der Waals surface area contributed by atoms with E-state index in [0.29, 0.717) is 6.42 Å². The van der Waals surface area contributed by atoms with Crippen molar-refractivity contribution in [1.29, 1.82) is 5.26 Å². The third-order valence-electron chi connectivity index (χ3n) is 2.36. The molecule has 0 aromatic rings. The van der Waals surface area contributed by atoms with Gasteiger partial charge in [0.1, 0.15) is 5.92 Å². The average Bonchev–Trinajstić information content (AvgIpc) is 2.18. The van der Waals surface area contributed by atoms with E-state index in [4.69, 9.17) is 11.0 Å². The SMILES string of the molecule is CCN(CC)CCCC(C#N)C(N)=O. The number of carbonyl (C=O) groups excluding carboxylic acids is 1. The van der Waals surface area contributed by atoms with E-state index in [-0.39, 0.29) is 0 Å². The van der Waals surface area contributed by atoms with Crippen molar-refractivity contribution in [2.24, 2.45) is 11.7 Å². The lowest BCUT2D eigenvalue weighted by atomic mass is 10.0. The van der Waals surface area contributed by atoms with Crippen molar-refractivity contribution in [2.45, 2.75) is 26.7 Å². The first-order valence-electron chi connectivity index (χ1n) is 5.06. The zero-order chi connectivity index (χ0) is 11.0. The summed E-state index contributed by atoms with van der Waals surface area (Å²) in [6.07, 6.45) is 1.42. The molecule has 1 amide bonds. The van der Waals surface area contributed by atoms with Crippen molar-refractivity contribution in [2.75, 3.05) is 19.6 Å². The summed E-state index contributed by atoms with van der Waals surface area (Å²) < 4.78 is 0. The molecule has 0 aromatic carbocycles. The highest BCUT2D eigenvalue weighted by atomic mass is 16.1. The number of hydrogen-bond donors (Lipinski definition) is 1. The van der Waals surface area contributed by atoms with Crippen molar-refractivity contribution < 1.29 is 4.79 Å². The number of amides is 1. The molecule has 0 aliphatic carbocycles. The molecule has 1 unspecified atom stereocenters. The highest BCUT2D eigenvalue weighted by molar-refractivity contribution is 5.79. The van der Waals surface area contributed by atoms with Crippen LogP contribution in [-0.4, -0.2) is 30.4 Å². The second-order valence-electron chi connectivity index (χ2n) is 3.25. The molecule has 0 saturated heterocycles. The van der Waals surface area contributed by atoms with Crippen LogP contribution >= 0.6 is 0 Å². The quantitative estimate of drug-likeness (QED) is 0.654. The topological polar surface area (TPSA) is 70.1 Å². The molecule has 4 heteroatoms. The van der Waals surface area contributed by atoms with Crippen molar-refractivity contribution >= 4 is 5.91 Å². The van der Waals surface area contributed by atoms with Gasteiger partial charge in [-0.2, -0.15) is 5.26 Å². The molecule has 4 nitrogen and oxygen atoms in total. The van der Waals surface area contributed by atoms with E-state index in [1.165, 1.54) is 0 Å². The van der Waals surface area contributed by atoms with Crippen LogP contribution in [0.2, 0.25) is 0 Å². The van der Waals surface area contributed by atoms with Crippen LogP contribution in [0, 0.1) is 17.2 Å². The van der Waals surface area contributed by atoms with Crippen LogP contribution < -0.4 is 5.73 Å². The molecule has 0 aromatic heterocycles. The normalized spacial score (nSPS) is 12.4. The molecule has 0 heterocycles. The van der Waals surface area contributed by atoms with Gasteiger partial charge in [-0.15, -0.1) is 0 Å². The minimum Gasteiger partial charge on any atom is -0.369 e. The summed E-state index contributed by atoms with van der Waals surface area (Å²) in [6, 6.07) is 1.92. The van der Waals surface area contributed by atoms with Gasteiger partial charge < -0.3 is 10.6 Å². The molecule has 0 rings (SSSR count). The fourth-order valence-electron chi connectivity index (χ4n) is 1.33. The van der Waals surface area contributed by atoms with Crippen molar-refractivity contribution in [3.63, 3.8) is 0 Å². The van der Waals surface area contributed by atoms with Crippen LogP contribution in [0.3, 0.4) is 0 Å². The lowest BCUT2D eigenvalue weighted by molar-refractivity contribution is -0.120. The monoisotopic (exact) mass is 197 g/mol. The number of nitrogens with zero attached hydrogens (tertiary/aromatic N) is 2. The molecule has 0 aliphatic heterocycles. The zero-order valence-electron chi connectivity index (χ0n) is 8.99. The predicted molar refractivity (Wildman–Crippen MR) is 55.3 cm³/mol.